The number of hydrogen-bond donors (Lipinski definition) is 1. The quantitative estimate of drug-likeness (QED) is 0.870. The highest BCUT2D eigenvalue weighted by atomic mass is 35.5. The van der Waals surface area contributed by atoms with Crippen molar-refractivity contribution in [3.8, 4) is 0 Å². The molecule has 2 aromatic rings. The van der Waals surface area contributed by atoms with E-state index in [-0.39, 0.29) is 16.1 Å². The topological polar surface area (TPSA) is 59.1 Å². The summed E-state index contributed by atoms with van der Waals surface area (Å²) < 4.78 is 27.1. The number of sulfonamides is 1. The van der Waals surface area contributed by atoms with Gasteiger partial charge in [0.2, 0.25) is 10.0 Å². The van der Waals surface area contributed by atoms with Gasteiger partial charge in [0.05, 0.1) is 9.92 Å². The first kappa shape index (κ1) is 15.5. The van der Waals surface area contributed by atoms with E-state index in [0.29, 0.717) is 22.2 Å². The van der Waals surface area contributed by atoms with Crippen molar-refractivity contribution in [3.63, 3.8) is 0 Å². The van der Waals surface area contributed by atoms with Gasteiger partial charge in [0, 0.05) is 23.0 Å². The molecule has 1 aromatic carbocycles. The van der Waals surface area contributed by atoms with Crippen molar-refractivity contribution in [1.29, 1.82) is 0 Å². The van der Waals surface area contributed by atoms with Gasteiger partial charge in [0.15, 0.2) is 0 Å². The molecule has 1 atom stereocenters. The van der Waals surface area contributed by atoms with Crippen LogP contribution in [-0.4, -0.2) is 19.4 Å². The first-order valence-corrected chi connectivity index (χ1v) is 8.35. The molecule has 1 N–H and O–H groups in total. The third-order valence-electron chi connectivity index (χ3n) is 3.04. The maximum absolute atomic E-state index is 12.2. The van der Waals surface area contributed by atoms with E-state index in [9.17, 15) is 8.42 Å². The molecule has 7 heteroatoms. The molecule has 0 aliphatic heterocycles. The van der Waals surface area contributed by atoms with E-state index in [2.05, 4.69) is 9.71 Å². The zero-order chi connectivity index (χ0) is 14.9. The Morgan fingerprint density at radius 3 is 2.65 bits per heavy atom. The van der Waals surface area contributed by atoms with Crippen LogP contribution in [-0.2, 0) is 10.0 Å². The summed E-state index contributed by atoms with van der Waals surface area (Å²) in [6, 6.07) is 4.50. The summed E-state index contributed by atoms with van der Waals surface area (Å²) in [7, 11) is -3.57. The van der Waals surface area contributed by atoms with Gasteiger partial charge in [-0.05, 0) is 25.5 Å². The van der Waals surface area contributed by atoms with Crippen LogP contribution < -0.4 is 4.72 Å². The van der Waals surface area contributed by atoms with Gasteiger partial charge in [0.1, 0.15) is 5.15 Å². The van der Waals surface area contributed by atoms with Gasteiger partial charge in [-0.3, -0.25) is 0 Å². The van der Waals surface area contributed by atoms with Crippen LogP contribution in [0.1, 0.15) is 20.3 Å². The Hall–Kier alpha value is -0.880. The summed E-state index contributed by atoms with van der Waals surface area (Å²) in [4.78, 5) is 4.07. The lowest BCUT2D eigenvalue weighted by Crippen LogP contribution is -2.31. The lowest BCUT2D eigenvalue weighted by atomic mass is 10.2. The van der Waals surface area contributed by atoms with Crippen molar-refractivity contribution >= 4 is 44.0 Å². The molecule has 0 amide bonds. The van der Waals surface area contributed by atoms with Gasteiger partial charge in [-0.15, -0.1) is 0 Å². The van der Waals surface area contributed by atoms with E-state index in [4.69, 9.17) is 23.2 Å². The summed E-state index contributed by atoms with van der Waals surface area (Å²) in [6.07, 6.45) is 2.15. The van der Waals surface area contributed by atoms with Crippen molar-refractivity contribution < 1.29 is 8.42 Å². The van der Waals surface area contributed by atoms with Crippen LogP contribution in [0, 0.1) is 0 Å². The maximum atomic E-state index is 12.2. The first-order valence-electron chi connectivity index (χ1n) is 6.11. The molecular weight excluding hydrogens is 319 g/mol. The molecule has 0 unspecified atom stereocenters. The van der Waals surface area contributed by atoms with Crippen LogP contribution in [0.5, 0.6) is 0 Å². The fraction of sp³-hybridized carbons (Fsp3) is 0.308. The number of nitrogens with zero attached hydrogens (tertiary/aromatic N) is 1. The summed E-state index contributed by atoms with van der Waals surface area (Å²) in [5.41, 5.74) is 0. The first-order chi connectivity index (χ1) is 9.35. The molecule has 20 heavy (non-hydrogen) atoms. The maximum Gasteiger partial charge on any atom is 0.240 e. The fourth-order valence-electron chi connectivity index (χ4n) is 1.74. The second-order valence-electron chi connectivity index (χ2n) is 4.53. The Morgan fingerprint density at radius 1 is 1.30 bits per heavy atom. The average molecular weight is 333 g/mol. The van der Waals surface area contributed by atoms with Crippen molar-refractivity contribution in [2.24, 2.45) is 0 Å². The van der Waals surface area contributed by atoms with Crippen LogP contribution in [0.15, 0.2) is 29.3 Å². The molecule has 0 saturated heterocycles. The summed E-state index contributed by atoms with van der Waals surface area (Å²) in [5.74, 6) is 0. The molecule has 0 saturated carbocycles. The molecule has 108 valence electrons. The van der Waals surface area contributed by atoms with Crippen molar-refractivity contribution in [1.82, 2.24) is 9.71 Å². The van der Waals surface area contributed by atoms with Gasteiger partial charge in [0.25, 0.3) is 0 Å². The molecule has 1 aromatic heterocycles. The number of aromatic nitrogens is 1. The molecule has 0 aliphatic rings. The highest BCUT2D eigenvalue weighted by Gasteiger charge is 2.18. The standard InChI is InChI=1S/C13H14Cl2N2O2S/c1-3-8(2)17-20(18,19)9-4-5-10-11(6-9)13(15)16-7-12(10)14/h4-8,17H,3H2,1-2H3/t8-/m0/s1. The predicted octanol–water partition coefficient (Wildman–Crippen LogP) is 3.62. The number of halogens is 2. The minimum Gasteiger partial charge on any atom is -0.242 e. The molecule has 0 bridgehead atoms. The lowest BCUT2D eigenvalue weighted by molar-refractivity contribution is 0.556. The highest BCUT2D eigenvalue weighted by Crippen LogP contribution is 2.29. The van der Waals surface area contributed by atoms with Crippen molar-refractivity contribution in [2.45, 2.75) is 31.2 Å². The van der Waals surface area contributed by atoms with Crippen LogP contribution in [0.2, 0.25) is 10.2 Å². The van der Waals surface area contributed by atoms with Crippen molar-refractivity contribution in [2.75, 3.05) is 0 Å². The smallest absolute Gasteiger partial charge is 0.240 e. The number of benzene rings is 1. The van der Waals surface area contributed by atoms with E-state index < -0.39 is 10.0 Å². The summed E-state index contributed by atoms with van der Waals surface area (Å²) >= 11 is 12.0. The fourth-order valence-corrected chi connectivity index (χ4v) is 3.51. The molecular formula is C13H14Cl2N2O2S. The normalized spacial score (nSPS) is 13.6. The number of hydrogen-bond acceptors (Lipinski definition) is 3. The molecule has 1 heterocycles. The summed E-state index contributed by atoms with van der Waals surface area (Å²) in [5, 5.41) is 1.86. The van der Waals surface area contributed by atoms with E-state index in [1.165, 1.54) is 18.3 Å². The zero-order valence-electron chi connectivity index (χ0n) is 11.0. The zero-order valence-corrected chi connectivity index (χ0v) is 13.4. The number of nitrogens with one attached hydrogen (secondary N) is 1. The largest absolute Gasteiger partial charge is 0.242 e. The van der Waals surface area contributed by atoms with E-state index >= 15 is 0 Å². The van der Waals surface area contributed by atoms with E-state index in [1.807, 2.05) is 13.8 Å². The Morgan fingerprint density at radius 2 is 2.00 bits per heavy atom. The SMILES string of the molecule is CC[C@H](C)NS(=O)(=O)c1ccc2c(Cl)cnc(Cl)c2c1. The minimum absolute atomic E-state index is 0.136. The Labute approximate surface area is 128 Å². The van der Waals surface area contributed by atoms with Crippen LogP contribution in [0.25, 0.3) is 10.8 Å². The van der Waals surface area contributed by atoms with Gasteiger partial charge in [-0.1, -0.05) is 36.2 Å². The Balaban J connectivity index is 2.54. The van der Waals surface area contributed by atoms with Crippen LogP contribution in [0.3, 0.4) is 0 Å². The molecule has 0 spiro atoms. The van der Waals surface area contributed by atoms with E-state index in [1.54, 1.807) is 6.07 Å². The second kappa shape index (κ2) is 5.85. The molecule has 0 radical (unpaired) electrons. The van der Waals surface area contributed by atoms with E-state index in [0.717, 1.165) is 0 Å². The lowest BCUT2D eigenvalue weighted by Gasteiger charge is -2.13. The highest BCUT2D eigenvalue weighted by molar-refractivity contribution is 7.89. The second-order valence-corrected chi connectivity index (χ2v) is 7.01. The summed E-state index contributed by atoms with van der Waals surface area (Å²) in [6.45, 7) is 3.72. The van der Waals surface area contributed by atoms with Gasteiger partial charge in [-0.2, -0.15) is 0 Å². The van der Waals surface area contributed by atoms with Crippen molar-refractivity contribution in [3.05, 3.63) is 34.6 Å². The number of fused-ring (bicyclic) bond motifs is 1. The third-order valence-corrected chi connectivity index (χ3v) is 5.23. The van der Waals surface area contributed by atoms with Gasteiger partial charge in [-0.25, -0.2) is 18.1 Å². The number of rotatable bonds is 4. The molecule has 2 rings (SSSR count). The molecule has 4 nitrogen and oxygen atoms in total. The number of pyridine rings is 1. The van der Waals surface area contributed by atoms with Gasteiger partial charge >= 0.3 is 0 Å². The Kier molecular flexibility index (Phi) is 4.54. The Bertz CT molecular complexity index is 747. The third kappa shape index (κ3) is 3.06. The minimum atomic E-state index is -3.57. The average Bonchev–Trinajstić information content (AvgIpc) is 2.42. The monoisotopic (exact) mass is 332 g/mol. The van der Waals surface area contributed by atoms with Crippen LogP contribution >= 0.6 is 23.2 Å². The van der Waals surface area contributed by atoms with Crippen LogP contribution in [0.4, 0.5) is 0 Å². The van der Waals surface area contributed by atoms with Gasteiger partial charge < -0.3 is 0 Å². The molecule has 0 aliphatic carbocycles. The molecule has 0 fully saturated rings. The predicted molar refractivity (Wildman–Crippen MR) is 81.8 cm³/mol.